The van der Waals surface area contributed by atoms with Gasteiger partial charge in [-0.2, -0.15) is 21.6 Å². The summed E-state index contributed by atoms with van der Waals surface area (Å²) in [6, 6.07) is 8.63. The molecule has 104 valence electrons. The average Bonchev–Trinajstić information content (AvgIpc) is 2.14. The van der Waals surface area contributed by atoms with E-state index >= 15 is 0 Å². The Balaban J connectivity index is 2.84. The van der Waals surface area contributed by atoms with Gasteiger partial charge in [-0.05, 0) is 18.1 Å². The molecule has 0 atom stereocenters. The van der Waals surface area contributed by atoms with Gasteiger partial charge in [-0.3, -0.25) is 0 Å². The molecule has 1 aromatic rings. The number of benzene rings is 1. The van der Waals surface area contributed by atoms with E-state index < -0.39 is 25.9 Å². The molecule has 0 bridgehead atoms. The van der Waals surface area contributed by atoms with Gasteiger partial charge in [-0.15, -0.1) is 10.3 Å². The Bertz CT molecular complexity index is 495. The maximum Gasteiger partial charge on any atom is 0.523 e. The van der Waals surface area contributed by atoms with Gasteiger partial charge in [-0.25, -0.2) is 3.63 Å². The smallest absolute Gasteiger partial charge is 0.213 e. The third kappa shape index (κ3) is 4.18. The summed E-state index contributed by atoms with van der Waals surface area (Å²) < 4.78 is 62.8. The lowest BCUT2D eigenvalue weighted by Gasteiger charge is -2.30. The summed E-state index contributed by atoms with van der Waals surface area (Å²) in [7, 11) is -7.92. The Kier molecular flexibility index (Phi) is 4.34. The van der Waals surface area contributed by atoms with Crippen molar-refractivity contribution >= 4 is 20.4 Å². The molecule has 0 N–H and O–H groups in total. The van der Waals surface area contributed by atoms with Crippen LogP contribution in [0.15, 0.2) is 30.3 Å². The largest absolute Gasteiger partial charge is 0.523 e. The van der Waals surface area contributed by atoms with Crippen LogP contribution in [-0.4, -0.2) is 26.4 Å². The Morgan fingerprint density at radius 1 is 1.11 bits per heavy atom. The predicted molar refractivity (Wildman–Crippen MR) is 65.6 cm³/mol. The molecule has 0 heterocycles. The van der Waals surface area contributed by atoms with E-state index in [1.165, 1.54) is 12.5 Å². The van der Waals surface area contributed by atoms with Crippen molar-refractivity contribution in [3.05, 3.63) is 35.9 Å². The average molecular weight is 302 g/mol. The first-order valence-electron chi connectivity index (χ1n) is 4.81. The van der Waals surface area contributed by atoms with Crippen LogP contribution in [0.5, 0.6) is 0 Å². The second-order valence-electron chi connectivity index (χ2n) is 4.03. The maximum absolute atomic E-state index is 12.2. The van der Waals surface area contributed by atoms with Crippen molar-refractivity contribution in [2.45, 2.75) is 11.3 Å². The van der Waals surface area contributed by atoms with E-state index in [9.17, 15) is 21.6 Å². The first-order valence-corrected chi connectivity index (χ1v) is 8.76. The third-order valence-electron chi connectivity index (χ3n) is 1.91. The standard InChI is InChI=1S/C10H13F3O3S2/c1-17(2,8-9-6-4-3-5-7-9)16-18(14,15)10(11,12)13/h3-7H,8H2,1-2H3. The topological polar surface area (TPSA) is 43.4 Å². The summed E-state index contributed by atoms with van der Waals surface area (Å²) in [5.74, 6) is 0.142. The van der Waals surface area contributed by atoms with Crippen LogP contribution in [0.2, 0.25) is 0 Å². The van der Waals surface area contributed by atoms with Gasteiger partial charge in [0.15, 0.2) is 0 Å². The van der Waals surface area contributed by atoms with Gasteiger partial charge in [0.1, 0.15) is 0 Å². The number of hydrogen-bond donors (Lipinski definition) is 0. The van der Waals surface area contributed by atoms with E-state index in [2.05, 4.69) is 3.63 Å². The fraction of sp³-hybridized carbons (Fsp3) is 0.400. The van der Waals surface area contributed by atoms with Crippen molar-refractivity contribution in [2.75, 3.05) is 12.5 Å². The van der Waals surface area contributed by atoms with Crippen molar-refractivity contribution in [1.29, 1.82) is 0 Å². The van der Waals surface area contributed by atoms with Crippen LogP contribution in [0.25, 0.3) is 0 Å². The van der Waals surface area contributed by atoms with Crippen molar-refractivity contribution in [2.24, 2.45) is 0 Å². The molecule has 0 aromatic heterocycles. The van der Waals surface area contributed by atoms with E-state index in [1.807, 2.05) is 0 Å². The molecule has 0 saturated heterocycles. The molecular formula is C10H13F3O3S2. The summed E-state index contributed by atoms with van der Waals surface area (Å²) in [5, 5.41) is 0. The highest BCUT2D eigenvalue weighted by atomic mass is 32.3. The first-order chi connectivity index (χ1) is 8.04. The lowest BCUT2D eigenvalue weighted by atomic mass is 10.2. The lowest BCUT2D eigenvalue weighted by molar-refractivity contribution is -0.0496. The highest BCUT2D eigenvalue weighted by molar-refractivity contribution is 8.31. The minimum atomic E-state index is -5.54. The number of hydrogen-bond acceptors (Lipinski definition) is 3. The molecule has 8 heteroatoms. The Labute approximate surface area is 106 Å². The minimum Gasteiger partial charge on any atom is -0.213 e. The van der Waals surface area contributed by atoms with E-state index in [4.69, 9.17) is 0 Å². The molecule has 0 aliphatic heterocycles. The molecule has 0 spiro atoms. The second-order valence-corrected chi connectivity index (χ2v) is 9.11. The second kappa shape index (κ2) is 5.10. The lowest BCUT2D eigenvalue weighted by Crippen LogP contribution is -2.27. The van der Waals surface area contributed by atoms with Crippen LogP contribution in [0, 0.1) is 0 Å². The number of alkyl halides is 3. The molecular weight excluding hydrogens is 289 g/mol. The molecule has 0 unspecified atom stereocenters. The fourth-order valence-electron chi connectivity index (χ4n) is 1.28. The molecule has 18 heavy (non-hydrogen) atoms. The highest BCUT2D eigenvalue weighted by Gasteiger charge is 2.49. The SMILES string of the molecule is CS(C)(Cc1ccccc1)OS(=O)(=O)C(F)(F)F. The van der Waals surface area contributed by atoms with Gasteiger partial charge in [0.05, 0.1) is 0 Å². The summed E-state index contributed by atoms with van der Waals surface area (Å²) in [4.78, 5) is 0. The predicted octanol–water partition coefficient (Wildman–Crippen LogP) is 3.03. The zero-order chi connectivity index (χ0) is 14.0. The molecule has 0 fully saturated rings. The van der Waals surface area contributed by atoms with Crippen LogP contribution in [0.3, 0.4) is 0 Å². The van der Waals surface area contributed by atoms with Gasteiger partial charge in [0.2, 0.25) is 0 Å². The van der Waals surface area contributed by atoms with Crippen LogP contribution in [0.1, 0.15) is 5.56 Å². The molecule has 3 nitrogen and oxygen atoms in total. The van der Waals surface area contributed by atoms with Gasteiger partial charge < -0.3 is 0 Å². The van der Waals surface area contributed by atoms with Crippen LogP contribution < -0.4 is 0 Å². The van der Waals surface area contributed by atoms with E-state index in [0.29, 0.717) is 0 Å². The van der Waals surface area contributed by atoms with Crippen molar-refractivity contribution in [3.8, 4) is 0 Å². The van der Waals surface area contributed by atoms with Crippen LogP contribution in [-0.2, 0) is 19.5 Å². The fourth-order valence-corrected chi connectivity index (χ4v) is 4.72. The maximum atomic E-state index is 12.2. The van der Waals surface area contributed by atoms with E-state index in [1.54, 1.807) is 30.3 Å². The first kappa shape index (κ1) is 15.3. The zero-order valence-corrected chi connectivity index (χ0v) is 11.4. The molecule has 1 rings (SSSR count). The molecule has 0 aliphatic rings. The van der Waals surface area contributed by atoms with Gasteiger partial charge in [-0.1, -0.05) is 30.3 Å². The van der Waals surface area contributed by atoms with Crippen molar-refractivity contribution in [3.63, 3.8) is 0 Å². The zero-order valence-electron chi connectivity index (χ0n) is 9.77. The number of rotatable bonds is 4. The summed E-state index contributed by atoms with van der Waals surface area (Å²) in [6.07, 6.45) is 2.76. The Hall–Kier alpha value is -0.730. The summed E-state index contributed by atoms with van der Waals surface area (Å²) >= 11 is 0. The monoisotopic (exact) mass is 302 g/mol. The molecule has 1 aromatic carbocycles. The highest BCUT2D eigenvalue weighted by Crippen LogP contribution is 2.48. The Morgan fingerprint density at radius 3 is 2.06 bits per heavy atom. The third-order valence-corrected chi connectivity index (χ3v) is 5.70. The summed E-state index contributed by atoms with van der Waals surface area (Å²) in [6.45, 7) is 0. The molecule has 0 amide bonds. The van der Waals surface area contributed by atoms with Crippen LogP contribution >= 0.6 is 10.3 Å². The quantitative estimate of drug-likeness (QED) is 0.803. The van der Waals surface area contributed by atoms with Crippen molar-refractivity contribution in [1.82, 2.24) is 0 Å². The van der Waals surface area contributed by atoms with Gasteiger partial charge >= 0.3 is 15.6 Å². The van der Waals surface area contributed by atoms with Crippen LogP contribution in [0.4, 0.5) is 13.2 Å². The number of halogens is 3. The van der Waals surface area contributed by atoms with Crippen molar-refractivity contribution < 1.29 is 25.2 Å². The van der Waals surface area contributed by atoms with E-state index in [-0.39, 0.29) is 5.75 Å². The summed E-state index contributed by atoms with van der Waals surface area (Å²) in [5.41, 5.74) is -4.65. The van der Waals surface area contributed by atoms with Gasteiger partial charge in [0.25, 0.3) is 0 Å². The Morgan fingerprint density at radius 2 is 1.61 bits per heavy atom. The minimum absolute atomic E-state index is 0.142. The molecule has 0 saturated carbocycles. The van der Waals surface area contributed by atoms with Gasteiger partial charge in [0, 0.05) is 5.75 Å². The molecule has 0 aliphatic carbocycles. The van der Waals surface area contributed by atoms with E-state index in [0.717, 1.165) is 5.56 Å². The normalized spacial score (nSPS) is 14.5. The molecule has 0 radical (unpaired) electrons.